The minimum atomic E-state index is 0.320. The van der Waals surface area contributed by atoms with Gasteiger partial charge in [-0.15, -0.1) is 0 Å². The first-order chi connectivity index (χ1) is 11.4. The van der Waals surface area contributed by atoms with E-state index >= 15 is 0 Å². The minimum absolute atomic E-state index is 0.320. The summed E-state index contributed by atoms with van der Waals surface area (Å²) in [6.07, 6.45) is 0. The average Bonchev–Trinajstić information content (AvgIpc) is 2.55. The van der Waals surface area contributed by atoms with E-state index in [0.717, 1.165) is 25.6 Å². The van der Waals surface area contributed by atoms with Gasteiger partial charge >= 0.3 is 0 Å². The van der Waals surface area contributed by atoms with Crippen LogP contribution in [0.1, 0.15) is 27.7 Å². The Morgan fingerprint density at radius 1 is 1.17 bits per heavy atom. The average molecular weight is 356 g/mol. The maximum Gasteiger partial charge on any atom is 0.193 e. The zero-order valence-electron chi connectivity index (χ0n) is 16.3. The molecule has 1 N–H and O–H groups in total. The zero-order chi connectivity index (χ0) is 17.6. The van der Waals surface area contributed by atoms with Gasteiger partial charge in [0.05, 0.1) is 0 Å². The molecule has 0 saturated carbocycles. The predicted molar refractivity (Wildman–Crippen MR) is 107 cm³/mol. The van der Waals surface area contributed by atoms with Crippen molar-refractivity contribution in [2.45, 2.75) is 32.4 Å². The monoisotopic (exact) mass is 355 g/mol. The first kappa shape index (κ1) is 19.9. The van der Waals surface area contributed by atoms with E-state index < -0.39 is 0 Å². The van der Waals surface area contributed by atoms with Gasteiger partial charge in [0, 0.05) is 69.9 Å². The fourth-order valence-corrected chi connectivity index (χ4v) is 4.70. The van der Waals surface area contributed by atoms with Gasteiger partial charge < -0.3 is 20.0 Å². The summed E-state index contributed by atoms with van der Waals surface area (Å²) in [6.45, 7) is 19.7. The smallest absolute Gasteiger partial charge is 0.193 e. The van der Waals surface area contributed by atoms with Crippen molar-refractivity contribution in [1.82, 2.24) is 20.0 Å². The van der Waals surface area contributed by atoms with Crippen LogP contribution in [0.4, 0.5) is 0 Å². The van der Waals surface area contributed by atoms with E-state index in [1.807, 2.05) is 7.05 Å². The lowest BCUT2D eigenvalue weighted by Crippen LogP contribution is -2.52. The number of thioether (sulfide) groups is 1. The molecule has 5 nitrogen and oxygen atoms in total. The quantitative estimate of drug-likeness (QED) is 0.599. The number of rotatable bonds is 5. The molecule has 0 spiro atoms. The first-order valence-electron chi connectivity index (χ1n) is 9.48. The fourth-order valence-electron chi connectivity index (χ4n) is 3.59. The molecule has 0 bridgehead atoms. The molecule has 2 aliphatic rings. The predicted octanol–water partition coefficient (Wildman–Crippen LogP) is 1.66. The molecule has 0 radical (unpaired) electrons. The van der Waals surface area contributed by atoms with Crippen LogP contribution in [0, 0.1) is 5.92 Å². The lowest BCUT2D eigenvalue weighted by Gasteiger charge is -2.39. The van der Waals surface area contributed by atoms with Crippen molar-refractivity contribution in [3.05, 3.63) is 0 Å². The van der Waals surface area contributed by atoms with Crippen LogP contribution in [-0.4, -0.2) is 97.1 Å². The highest BCUT2D eigenvalue weighted by Gasteiger charge is 2.28. The first-order valence-corrected chi connectivity index (χ1v) is 10.5. The van der Waals surface area contributed by atoms with Crippen molar-refractivity contribution in [2.24, 2.45) is 10.9 Å². The van der Waals surface area contributed by atoms with Crippen LogP contribution in [0.15, 0.2) is 4.99 Å². The zero-order valence-corrected chi connectivity index (χ0v) is 17.2. The highest BCUT2D eigenvalue weighted by atomic mass is 32.2. The lowest BCUT2D eigenvalue weighted by molar-refractivity contribution is 0.124. The maximum atomic E-state index is 4.52. The van der Waals surface area contributed by atoms with Crippen molar-refractivity contribution in [3.8, 4) is 0 Å². The van der Waals surface area contributed by atoms with E-state index in [1.54, 1.807) is 0 Å². The molecule has 0 aromatic rings. The number of nitrogens with one attached hydrogen (secondary N) is 1. The van der Waals surface area contributed by atoms with Crippen LogP contribution in [0.25, 0.3) is 0 Å². The number of likely N-dealkylation sites (N-methyl/N-ethyl adjacent to an activating group) is 1. The van der Waals surface area contributed by atoms with Gasteiger partial charge in [-0.2, -0.15) is 11.8 Å². The summed E-state index contributed by atoms with van der Waals surface area (Å²) in [5.74, 6) is 2.90. The largest absolute Gasteiger partial charge is 0.356 e. The molecular formula is C18H37N5S. The van der Waals surface area contributed by atoms with Gasteiger partial charge in [-0.25, -0.2) is 0 Å². The topological polar surface area (TPSA) is 34.1 Å². The summed E-state index contributed by atoms with van der Waals surface area (Å²) >= 11 is 2.07. The van der Waals surface area contributed by atoms with Gasteiger partial charge in [-0.05, 0) is 26.3 Å². The fraction of sp³-hybridized carbons (Fsp3) is 0.944. The molecule has 2 rings (SSSR count). The lowest BCUT2D eigenvalue weighted by atomic mass is 10.1. The molecule has 24 heavy (non-hydrogen) atoms. The molecule has 1 atom stereocenters. The van der Waals surface area contributed by atoms with Gasteiger partial charge in [-0.1, -0.05) is 13.8 Å². The molecular weight excluding hydrogens is 318 g/mol. The Morgan fingerprint density at radius 2 is 1.83 bits per heavy atom. The summed E-state index contributed by atoms with van der Waals surface area (Å²) in [5.41, 5.74) is 0. The second-order valence-corrected chi connectivity index (χ2v) is 9.60. The third-order valence-electron chi connectivity index (χ3n) is 5.03. The van der Waals surface area contributed by atoms with Crippen LogP contribution in [0.2, 0.25) is 0 Å². The highest BCUT2D eigenvalue weighted by Crippen LogP contribution is 2.29. The molecule has 2 saturated heterocycles. The SMILES string of the molecule is CCN1CCN(CC(C)CNC(=NC)N2CCSC(C)(C)C2)CC1. The Bertz CT molecular complexity index is 404. The van der Waals surface area contributed by atoms with E-state index in [4.69, 9.17) is 0 Å². The summed E-state index contributed by atoms with van der Waals surface area (Å²) in [5, 5.41) is 3.62. The third kappa shape index (κ3) is 6.12. The van der Waals surface area contributed by atoms with E-state index in [-0.39, 0.29) is 0 Å². The minimum Gasteiger partial charge on any atom is -0.356 e. The van der Waals surface area contributed by atoms with E-state index in [1.165, 1.54) is 45.0 Å². The second-order valence-electron chi connectivity index (χ2n) is 7.80. The van der Waals surface area contributed by atoms with Crippen LogP contribution in [-0.2, 0) is 0 Å². The second kappa shape index (κ2) is 9.30. The van der Waals surface area contributed by atoms with Gasteiger partial charge in [0.1, 0.15) is 0 Å². The van der Waals surface area contributed by atoms with E-state index in [9.17, 15) is 0 Å². The van der Waals surface area contributed by atoms with Crippen molar-refractivity contribution >= 4 is 17.7 Å². The molecule has 2 aliphatic heterocycles. The number of aliphatic imine (C=N–C) groups is 1. The Labute approximate surface area is 153 Å². The van der Waals surface area contributed by atoms with Crippen LogP contribution in [0.5, 0.6) is 0 Å². The van der Waals surface area contributed by atoms with E-state index in [0.29, 0.717) is 10.7 Å². The highest BCUT2D eigenvalue weighted by molar-refractivity contribution is 8.00. The maximum absolute atomic E-state index is 4.52. The van der Waals surface area contributed by atoms with Gasteiger partial charge in [0.15, 0.2) is 5.96 Å². The molecule has 1 unspecified atom stereocenters. The Kier molecular flexibility index (Phi) is 7.69. The van der Waals surface area contributed by atoms with Crippen LogP contribution >= 0.6 is 11.8 Å². The standard InChI is InChI=1S/C18H37N5S/c1-6-21-7-9-22(10-8-21)14-16(2)13-20-17(19-5)23-11-12-24-18(3,4)15-23/h16H,6-15H2,1-5H3,(H,19,20). The van der Waals surface area contributed by atoms with Gasteiger partial charge in [0.25, 0.3) is 0 Å². The summed E-state index contributed by atoms with van der Waals surface area (Å²) in [4.78, 5) is 12.1. The normalized spacial score (nSPS) is 24.9. The summed E-state index contributed by atoms with van der Waals surface area (Å²) in [6, 6.07) is 0. The molecule has 0 aliphatic carbocycles. The summed E-state index contributed by atoms with van der Waals surface area (Å²) in [7, 11) is 1.91. The number of hydrogen-bond donors (Lipinski definition) is 1. The molecule has 0 aromatic carbocycles. The Hall–Kier alpha value is -0.460. The molecule has 140 valence electrons. The number of guanidine groups is 1. The van der Waals surface area contributed by atoms with Crippen molar-refractivity contribution in [3.63, 3.8) is 0 Å². The third-order valence-corrected chi connectivity index (χ3v) is 6.32. The van der Waals surface area contributed by atoms with Gasteiger partial charge in [-0.3, -0.25) is 4.99 Å². The van der Waals surface area contributed by atoms with Crippen molar-refractivity contribution < 1.29 is 0 Å². The summed E-state index contributed by atoms with van der Waals surface area (Å²) < 4.78 is 0.320. The molecule has 2 heterocycles. The number of nitrogens with zero attached hydrogens (tertiary/aromatic N) is 4. The number of piperazine rings is 1. The van der Waals surface area contributed by atoms with Crippen molar-refractivity contribution in [1.29, 1.82) is 0 Å². The van der Waals surface area contributed by atoms with Crippen LogP contribution in [0.3, 0.4) is 0 Å². The van der Waals surface area contributed by atoms with E-state index in [2.05, 4.69) is 64.5 Å². The van der Waals surface area contributed by atoms with Gasteiger partial charge in [0.2, 0.25) is 0 Å². The Balaban J connectivity index is 1.73. The molecule has 0 amide bonds. The molecule has 0 aromatic heterocycles. The molecule has 6 heteroatoms. The number of hydrogen-bond acceptors (Lipinski definition) is 4. The Morgan fingerprint density at radius 3 is 2.42 bits per heavy atom. The van der Waals surface area contributed by atoms with Crippen LogP contribution < -0.4 is 5.32 Å². The van der Waals surface area contributed by atoms with Crippen molar-refractivity contribution in [2.75, 3.05) is 71.7 Å². The molecule has 2 fully saturated rings.